The van der Waals surface area contributed by atoms with Crippen LogP contribution in [0.25, 0.3) is 16.6 Å². The van der Waals surface area contributed by atoms with E-state index in [1.807, 2.05) is 4.57 Å². The summed E-state index contributed by atoms with van der Waals surface area (Å²) in [5.74, 6) is 0. The molecule has 0 saturated carbocycles. The molecule has 1 aliphatic heterocycles. The summed E-state index contributed by atoms with van der Waals surface area (Å²) in [6.45, 7) is 4.85. The van der Waals surface area contributed by atoms with Crippen LogP contribution < -0.4 is 0 Å². The molecule has 3 heterocycles. The maximum Gasteiger partial charge on any atom is 0.123 e. The van der Waals surface area contributed by atoms with Gasteiger partial charge in [-0.2, -0.15) is 0 Å². The average molecular weight is 297 g/mol. The summed E-state index contributed by atoms with van der Waals surface area (Å²) in [4.78, 5) is 5.83. The molecule has 22 heavy (non-hydrogen) atoms. The van der Waals surface area contributed by atoms with E-state index in [1.165, 1.54) is 16.5 Å². The van der Waals surface area contributed by atoms with Crippen molar-refractivity contribution in [2.45, 2.75) is 6.42 Å². The number of aromatic amines is 1. The number of hydrogen-bond acceptors (Lipinski definition) is 4. The van der Waals surface area contributed by atoms with Gasteiger partial charge in [0.25, 0.3) is 0 Å². The molecule has 0 unspecified atom stereocenters. The zero-order valence-corrected chi connectivity index (χ0v) is 12.4. The number of morpholine rings is 1. The summed E-state index contributed by atoms with van der Waals surface area (Å²) in [5.41, 5.74) is 3.62. The predicted octanol–water partition coefficient (Wildman–Crippen LogP) is 1.62. The maximum absolute atomic E-state index is 5.40. The first-order valence-corrected chi connectivity index (χ1v) is 7.65. The van der Waals surface area contributed by atoms with E-state index < -0.39 is 0 Å². The Morgan fingerprint density at radius 3 is 2.77 bits per heavy atom. The van der Waals surface area contributed by atoms with E-state index in [2.05, 4.69) is 44.5 Å². The van der Waals surface area contributed by atoms with Crippen molar-refractivity contribution >= 4 is 10.9 Å². The van der Waals surface area contributed by atoms with Crippen molar-refractivity contribution in [1.82, 2.24) is 24.6 Å². The molecule has 4 rings (SSSR count). The second-order valence-electron chi connectivity index (χ2n) is 5.62. The topological polar surface area (TPSA) is 59.0 Å². The van der Waals surface area contributed by atoms with Crippen molar-refractivity contribution in [3.05, 3.63) is 42.6 Å². The Labute approximate surface area is 128 Å². The number of ether oxygens (including phenoxy) is 1. The molecule has 1 aromatic carbocycles. The molecule has 1 fully saturated rings. The van der Waals surface area contributed by atoms with Crippen molar-refractivity contribution in [2.75, 3.05) is 32.8 Å². The van der Waals surface area contributed by atoms with Gasteiger partial charge < -0.3 is 9.72 Å². The Morgan fingerprint density at radius 2 is 1.95 bits per heavy atom. The summed E-state index contributed by atoms with van der Waals surface area (Å²) < 4.78 is 7.33. The Kier molecular flexibility index (Phi) is 3.62. The predicted molar refractivity (Wildman–Crippen MR) is 84.2 cm³/mol. The van der Waals surface area contributed by atoms with E-state index >= 15 is 0 Å². The van der Waals surface area contributed by atoms with Gasteiger partial charge in [0, 0.05) is 42.4 Å². The average Bonchev–Trinajstić information content (AvgIpc) is 3.23. The van der Waals surface area contributed by atoms with Crippen LogP contribution in [0.15, 0.2) is 37.1 Å². The zero-order valence-electron chi connectivity index (χ0n) is 12.4. The molecule has 0 bridgehead atoms. The van der Waals surface area contributed by atoms with Crippen molar-refractivity contribution in [3.8, 4) is 5.69 Å². The van der Waals surface area contributed by atoms with Gasteiger partial charge in [-0.15, -0.1) is 10.2 Å². The highest BCUT2D eigenvalue weighted by molar-refractivity contribution is 5.85. The molecular weight excluding hydrogens is 278 g/mol. The number of fused-ring (bicyclic) bond motifs is 1. The fourth-order valence-corrected chi connectivity index (χ4v) is 2.97. The van der Waals surface area contributed by atoms with E-state index in [1.54, 1.807) is 12.7 Å². The van der Waals surface area contributed by atoms with Crippen LogP contribution >= 0.6 is 0 Å². The number of rotatable bonds is 4. The summed E-state index contributed by atoms with van der Waals surface area (Å²) in [6.07, 6.45) is 6.62. The van der Waals surface area contributed by atoms with E-state index in [9.17, 15) is 0 Å². The fraction of sp³-hybridized carbons (Fsp3) is 0.375. The molecule has 0 atom stereocenters. The van der Waals surface area contributed by atoms with Gasteiger partial charge in [-0.25, -0.2) is 0 Å². The maximum atomic E-state index is 5.40. The number of H-pyrrole nitrogens is 1. The smallest absolute Gasteiger partial charge is 0.123 e. The van der Waals surface area contributed by atoms with Crippen LogP contribution in [0.5, 0.6) is 0 Å². The monoisotopic (exact) mass is 297 g/mol. The summed E-state index contributed by atoms with van der Waals surface area (Å²) in [7, 11) is 0. The number of nitrogens with one attached hydrogen (secondary N) is 1. The van der Waals surface area contributed by atoms with Gasteiger partial charge in [-0.1, -0.05) is 0 Å². The highest BCUT2D eigenvalue weighted by atomic mass is 16.5. The van der Waals surface area contributed by atoms with Crippen LogP contribution in [0.3, 0.4) is 0 Å². The third-order valence-electron chi connectivity index (χ3n) is 4.27. The first kappa shape index (κ1) is 13.5. The molecule has 0 aliphatic carbocycles. The SMILES string of the molecule is c1cc2[nH]cc(CCN3CCOCC3)c2cc1-n1cnnc1. The Hall–Kier alpha value is -2.18. The Balaban J connectivity index is 1.56. The molecule has 1 N–H and O–H groups in total. The minimum atomic E-state index is 0.853. The summed E-state index contributed by atoms with van der Waals surface area (Å²) >= 11 is 0. The van der Waals surface area contributed by atoms with Gasteiger partial charge in [0.1, 0.15) is 12.7 Å². The number of hydrogen-bond donors (Lipinski definition) is 1. The lowest BCUT2D eigenvalue weighted by molar-refractivity contribution is 0.0385. The first-order valence-electron chi connectivity index (χ1n) is 7.65. The van der Waals surface area contributed by atoms with Gasteiger partial charge in [0.15, 0.2) is 0 Å². The number of aromatic nitrogens is 4. The molecule has 1 aliphatic rings. The third kappa shape index (κ3) is 2.63. The van der Waals surface area contributed by atoms with E-state index in [-0.39, 0.29) is 0 Å². The lowest BCUT2D eigenvalue weighted by atomic mass is 10.1. The van der Waals surface area contributed by atoms with Crippen molar-refractivity contribution < 1.29 is 4.74 Å². The largest absolute Gasteiger partial charge is 0.379 e. The standard InChI is InChI=1S/C16H19N5O/c1-2-16-15(9-14(1)21-11-18-19-12-21)13(10-17-16)3-4-20-5-7-22-8-6-20/h1-2,9-12,17H,3-8H2. The van der Waals surface area contributed by atoms with Crippen LogP contribution in [0, 0.1) is 0 Å². The van der Waals surface area contributed by atoms with E-state index in [0.29, 0.717) is 0 Å². The molecule has 0 spiro atoms. The van der Waals surface area contributed by atoms with E-state index in [0.717, 1.165) is 45.0 Å². The minimum Gasteiger partial charge on any atom is -0.379 e. The van der Waals surface area contributed by atoms with Crippen LogP contribution in [-0.4, -0.2) is 57.5 Å². The van der Waals surface area contributed by atoms with Crippen molar-refractivity contribution in [1.29, 1.82) is 0 Å². The molecule has 0 amide bonds. The fourth-order valence-electron chi connectivity index (χ4n) is 2.97. The number of nitrogens with zero attached hydrogens (tertiary/aromatic N) is 4. The highest BCUT2D eigenvalue weighted by Gasteiger charge is 2.12. The molecule has 3 aromatic rings. The normalized spacial score (nSPS) is 16.4. The second-order valence-corrected chi connectivity index (χ2v) is 5.62. The molecule has 1 saturated heterocycles. The Morgan fingerprint density at radius 1 is 1.14 bits per heavy atom. The highest BCUT2D eigenvalue weighted by Crippen LogP contribution is 2.22. The zero-order chi connectivity index (χ0) is 14.8. The second kappa shape index (κ2) is 5.90. The molecule has 0 radical (unpaired) electrons. The molecular formula is C16H19N5O. The third-order valence-corrected chi connectivity index (χ3v) is 4.27. The quantitative estimate of drug-likeness (QED) is 0.795. The minimum absolute atomic E-state index is 0.853. The van der Waals surface area contributed by atoms with Crippen LogP contribution in [-0.2, 0) is 11.2 Å². The van der Waals surface area contributed by atoms with Crippen molar-refractivity contribution in [2.24, 2.45) is 0 Å². The van der Waals surface area contributed by atoms with Crippen molar-refractivity contribution in [3.63, 3.8) is 0 Å². The van der Waals surface area contributed by atoms with Crippen LogP contribution in [0.4, 0.5) is 0 Å². The molecule has 6 heteroatoms. The summed E-state index contributed by atoms with van der Waals surface area (Å²) in [6, 6.07) is 6.39. The molecule has 114 valence electrons. The van der Waals surface area contributed by atoms with Crippen LogP contribution in [0.1, 0.15) is 5.56 Å². The van der Waals surface area contributed by atoms with Gasteiger partial charge in [-0.3, -0.25) is 9.47 Å². The van der Waals surface area contributed by atoms with Gasteiger partial charge in [-0.05, 0) is 30.2 Å². The summed E-state index contributed by atoms with van der Waals surface area (Å²) in [5, 5.41) is 9.02. The number of benzene rings is 1. The van der Waals surface area contributed by atoms with Gasteiger partial charge >= 0.3 is 0 Å². The molecule has 6 nitrogen and oxygen atoms in total. The van der Waals surface area contributed by atoms with Gasteiger partial charge in [0.2, 0.25) is 0 Å². The van der Waals surface area contributed by atoms with Crippen LogP contribution in [0.2, 0.25) is 0 Å². The molecule has 2 aromatic heterocycles. The lowest BCUT2D eigenvalue weighted by Crippen LogP contribution is -2.37. The Bertz CT molecular complexity index is 743. The van der Waals surface area contributed by atoms with E-state index in [4.69, 9.17) is 4.74 Å². The first-order chi connectivity index (χ1) is 10.9. The lowest BCUT2D eigenvalue weighted by Gasteiger charge is -2.26. The van der Waals surface area contributed by atoms with Gasteiger partial charge in [0.05, 0.1) is 13.2 Å².